The van der Waals surface area contributed by atoms with Gasteiger partial charge in [-0.2, -0.15) is 0 Å². The molecule has 1 fully saturated rings. The van der Waals surface area contributed by atoms with Crippen LogP contribution in [0.4, 0.5) is 0 Å². The number of nitrogens with one attached hydrogen (secondary N) is 1. The number of hydrogen-bond donors (Lipinski definition) is 3. The fourth-order valence-electron chi connectivity index (χ4n) is 2.63. The first kappa shape index (κ1) is 15.8. The number of amidine groups is 1. The summed E-state index contributed by atoms with van der Waals surface area (Å²) in [6, 6.07) is 5.80. The third kappa shape index (κ3) is 4.17. The van der Waals surface area contributed by atoms with Gasteiger partial charge in [0.25, 0.3) is 0 Å². The summed E-state index contributed by atoms with van der Waals surface area (Å²) in [4.78, 5) is 4.66. The van der Waals surface area contributed by atoms with E-state index in [0.717, 1.165) is 44.8 Å². The van der Waals surface area contributed by atoms with Crippen LogP contribution in [0.3, 0.4) is 0 Å². The summed E-state index contributed by atoms with van der Waals surface area (Å²) in [5.41, 5.74) is 7.33. The van der Waals surface area contributed by atoms with Gasteiger partial charge in [0.05, 0.1) is 19.3 Å². The van der Waals surface area contributed by atoms with Gasteiger partial charge in [-0.25, -0.2) is 0 Å². The molecule has 4 N–H and O–H groups in total. The number of β-amino-alcohol motifs (C(OH)–C–C–N with tert-alkyl or cyclic N) is 1. The zero-order valence-corrected chi connectivity index (χ0v) is 12.5. The van der Waals surface area contributed by atoms with Crippen molar-refractivity contribution in [1.29, 1.82) is 5.41 Å². The molecule has 1 aliphatic heterocycles. The van der Waals surface area contributed by atoms with Crippen molar-refractivity contribution >= 4 is 5.84 Å². The molecular formula is C15H24N4O2. The van der Waals surface area contributed by atoms with Crippen LogP contribution in [0.2, 0.25) is 0 Å². The van der Waals surface area contributed by atoms with E-state index in [1.807, 2.05) is 18.2 Å². The zero-order chi connectivity index (χ0) is 15.2. The maximum absolute atomic E-state index is 8.95. The molecule has 0 spiro atoms. The molecule has 0 bridgehead atoms. The second-order valence-corrected chi connectivity index (χ2v) is 5.29. The van der Waals surface area contributed by atoms with Crippen molar-refractivity contribution in [2.75, 3.05) is 46.4 Å². The van der Waals surface area contributed by atoms with Gasteiger partial charge < -0.3 is 15.6 Å². The second-order valence-electron chi connectivity index (χ2n) is 5.29. The number of nitrogen functional groups attached to an aromatic ring is 1. The highest BCUT2D eigenvalue weighted by molar-refractivity contribution is 5.97. The molecule has 6 heteroatoms. The van der Waals surface area contributed by atoms with Crippen molar-refractivity contribution in [3.8, 4) is 5.75 Å². The van der Waals surface area contributed by atoms with Gasteiger partial charge in [0.2, 0.25) is 0 Å². The average molecular weight is 292 g/mol. The summed E-state index contributed by atoms with van der Waals surface area (Å²) in [6.07, 6.45) is 0. The molecule has 1 aromatic rings. The summed E-state index contributed by atoms with van der Waals surface area (Å²) in [6.45, 7) is 5.82. The molecule has 1 saturated heterocycles. The lowest BCUT2D eigenvalue weighted by molar-refractivity contribution is 0.108. The quantitative estimate of drug-likeness (QED) is 0.511. The van der Waals surface area contributed by atoms with Crippen molar-refractivity contribution in [1.82, 2.24) is 9.80 Å². The standard InChI is InChI=1S/C15H24N4O2/c1-21-14-10-12(2-3-13(14)15(16)17)11-19-6-4-18(5-7-19)8-9-20/h2-3,10,20H,4-9,11H2,1H3,(H3,16,17). The molecule has 1 aromatic carbocycles. The molecule has 0 amide bonds. The normalized spacial score (nSPS) is 16.9. The highest BCUT2D eigenvalue weighted by atomic mass is 16.5. The van der Waals surface area contributed by atoms with E-state index < -0.39 is 0 Å². The van der Waals surface area contributed by atoms with E-state index in [2.05, 4.69) is 9.80 Å². The fourth-order valence-corrected chi connectivity index (χ4v) is 2.63. The lowest BCUT2D eigenvalue weighted by Gasteiger charge is -2.34. The summed E-state index contributed by atoms with van der Waals surface area (Å²) >= 11 is 0. The van der Waals surface area contributed by atoms with Crippen molar-refractivity contribution in [2.24, 2.45) is 5.73 Å². The molecule has 0 saturated carbocycles. The van der Waals surface area contributed by atoms with Gasteiger partial charge in [-0.15, -0.1) is 0 Å². The van der Waals surface area contributed by atoms with Gasteiger partial charge in [0.15, 0.2) is 0 Å². The Hall–Kier alpha value is -1.63. The molecule has 0 aliphatic carbocycles. The van der Waals surface area contributed by atoms with Gasteiger partial charge in [0.1, 0.15) is 11.6 Å². The molecule has 21 heavy (non-hydrogen) atoms. The van der Waals surface area contributed by atoms with E-state index >= 15 is 0 Å². The Labute approximate surface area is 125 Å². The monoisotopic (exact) mass is 292 g/mol. The number of hydrogen-bond acceptors (Lipinski definition) is 5. The van der Waals surface area contributed by atoms with Crippen LogP contribution in [0.15, 0.2) is 18.2 Å². The predicted octanol–water partition coefficient (Wildman–Crippen LogP) is 0.0892. The lowest BCUT2D eigenvalue weighted by atomic mass is 10.1. The van der Waals surface area contributed by atoms with E-state index in [9.17, 15) is 0 Å². The number of aliphatic hydroxyl groups excluding tert-OH is 1. The number of methoxy groups -OCH3 is 1. The first-order chi connectivity index (χ1) is 10.1. The first-order valence-corrected chi connectivity index (χ1v) is 7.21. The van der Waals surface area contributed by atoms with Crippen LogP contribution in [0.5, 0.6) is 5.75 Å². The Kier molecular flexibility index (Phi) is 5.55. The Bertz CT molecular complexity index is 485. The topological polar surface area (TPSA) is 85.8 Å². The van der Waals surface area contributed by atoms with E-state index in [4.69, 9.17) is 21.0 Å². The maximum atomic E-state index is 8.95. The number of benzene rings is 1. The second kappa shape index (κ2) is 7.40. The smallest absolute Gasteiger partial charge is 0.130 e. The van der Waals surface area contributed by atoms with Gasteiger partial charge in [0, 0.05) is 39.3 Å². The Morgan fingerprint density at radius 1 is 1.29 bits per heavy atom. The van der Waals surface area contributed by atoms with Crippen LogP contribution < -0.4 is 10.5 Å². The minimum atomic E-state index is 0.0241. The van der Waals surface area contributed by atoms with Crippen LogP contribution in [-0.2, 0) is 6.54 Å². The fraction of sp³-hybridized carbons (Fsp3) is 0.533. The number of nitrogens with two attached hydrogens (primary N) is 1. The Morgan fingerprint density at radius 2 is 1.95 bits per heavy atom. The molecule has 1 heterocycles. The van der Waals surface area contributed by atoms with Gasteiger partial charge in [-0.05, 0) is 17.7 Å². The van der Waals surface area contributed by atoms with E-state index in [1.54, 1.807) is 7.11 Å². The van der Waals surface area contributed by atoms with Gasteiger partial charge in [-0.1, -0.05) is 6.07 Å². The molecule has 0 aromatic heterocycles. The summed E-state index contributed by atoms with van der Waals surface area (Å²) in [7, 11) is 1.60. The van der Waals surface area contributed by atoms with Crippen LogP contribution in [0.25, 0.3) is 0 Å². The number of ether oxygens (including phenoxy) is 1. The Balaban J connectivity index is 1.96. The van der Waals surface area contributed by atoms with Gasteiger partial charge >= 0.3 is 0 Å². The molecule has 2 rings (SSSR count). The summed E-state index contributed by atoms with van der Waals surface area (Å²) < 4.78 is 5.31. The largest absolute Gasteiger partial charge is 0.496 e. The zero-order valence-electron chi connectivity index (χ0n) is 12.5. The van der Waals surface area contributed by atoms with Crippen molar-refractivity contribution < 1.29 is 9.84 Å². The number of piperazine rings is 1. The third-order valence-corrected chi connectivity index (χ3v) is 3.84. The van der Waals surface area contributed by atoms with Crippen LogP contribution >= 0.6 is 0 Å². The van der Waals surface area contributed by atoms with Crippen LogP contribution in [0, 0.1) is 5.41 Å². The first-order valence-electron chi connectivity index (χ1n) is 7.21. The van der Waals surface area contributed by atoms with Crippen molar-refractivity contribution in [2.45, 2.75) is 6.54 Å². The average Bonchev–Trinajstić information content (AvgIpc) is 2.49. The molecule has 1 aliphatic rings. The lowest BCUT2D eigenvalue weighted by Crippen LogP contribution is -2.46. The summed E-state index contributed by atoms with van der Waals surface area (Å²) in [5, 5.41) is 16.5. The van der Waals surface area contributed by atoms with Crippen LogP contribution in [0.1, 0.15) is 11.1 Å². The van der Waals surface area contributed by atoms with E-state index in [1.165, 1.54) is 0 Å². The molecular weight excluding hydrogens is 268 g/mol. The molecule has 0 unspecified atom stereocenters. The molecule has 0 radical (unpaired) electrons. The highest BCUT2D eigenvalue weighted by Crippen LogP contribution is 2.21. The number of aliphatic hydroxyl groups is 1. The van der Waals surface area contributed by atoms with Crippen molar-refractivity contribution in [3.05, 3.63) is 29.3 Å². The van der Waals surface area contributed by atoms with Gasteiger partial charge in [-0.3, -0.25) is 15.2 Å². The number of rotatable bonds is 6. The van der Waals surface area contributed by atoms with Crippen molar-refractivity contribution in [3.63, 3.8) is 0 Å². The minimum Gasteiger partial charge on any atom is -0.496 e. The summed E-state index contributed by atoms with van der Waals surface area (Å²) in [5.74, 6) is 0.676. The highest BCUT2D eigenvalue weighted by Gasteiger charge is 2.17. The third-order valence-electron chi connectivity index (χ3n) is 3.84. The predicted molar refractivity (Wildman–Crippen MR) is 82.8 cm³/mol. The van der Waals surface area contributed by atoms with E-state index in [-0.39, 0.29) is 12.4 Å². The van der Waals surface area contributed by atoms with E-state index in [0.29, 0.717) is 11.3 Å². The van der Waals surface area contributed by atoms with Crippen LogP contribution in [-0.4, -0.2) is 67.2 Å². The Morgan fingerprint density at radius 3 is 2.52 bits per heavy atom. The maximum Gasteiger partial charge on any atom is 0.130 e. The molecule has 6 nitrogen and oxygen atoms in total. The minimum absolute atomic E-state index is 0.0241. The number of nitrogens with zero attached hydrogens (tertiary/aromatic N) is 2. The molecule has 0 atom stereocenters. The molecule has 116 valence electrons. The SMILES string of the molecule is COc1cc(CN2CCN(CCO)CC2)ccc1C(=N)N.